The highest BCUT2D eigenvalue weighted by atomic mass is 19.1. The molecule has 0 bridgehead atoms. The molecule has 2 heterocycles. The van der Waals surface area contributed by atoms with Crippen LogP contribution in [-0.2, 0) is 0 Å². The lowest BCUT2D eigenvalue weighted by atomic mass is 9.90. The summed E-state index contributed by atoms with van der Waals surface area (Å²) in [5, 5.41) is 3.31. The molecule has 1 fully saturated rings. The first-order chi connectivity index (χ1) is 8.20. The fourth-order valence-corrected chi connectivity index (χ4v) is 2.42. The van der Waals surface area contributed by atoms with E-state index in [0.29, 0.717) is 6.04 Å². The first kappa shape index (κ1) is 12.3. The molecule has 1 saturated heterocycles. The van der Waals surface area contributed by atoms with E-state index in [0.717, 1.165) is 24.8 Å². The van der Waals surface area contributed by atoms with Gasteiger partial charge in [-0.1, -0.05) is 0 Å². The monoisotopic (exact) mass is 237 g/mol. The van der Waals surface area contributed by atoms with E-state index in [4.69, 9.17) is 0 Å². The Morgan fingerprint density at radius 3 is 2.65 bits per heavy atom. The maximum Gasteiger partial charge on any atom is 0.141 e. The molecule has 0 aliphatic carbocycles. The van der Waals surface area contributed by atoms with Gasteiger partial charge < -0.3 is 10.2 Å². The second kappa shape index (κ2) is 5.45. The minimum atomic E-state index is -0.271. The van der Waals surface area contributed by atoms with Gasteiger partial charge in [0.2, 0.25) is 0 Å². The summed E-state index contributed by atoms with van der Waals surface area (Å²) in [5.74, 6) is 1.35. The fourth-order valence-electron chi connectivity index (χ4n) is 2.42. The first-order valence-electron chi connectivity index (χ1n) is 6.24. The van der Waals surface area contributed by atoms with Crippen molar-refractivity contribution in [2.45, 2.75) is 25.8 Å². The molecule has 1 aromatic rings. The van der Waals surface area contributed by atoms with Gasteiger partial charge in [-0.15, -0.1) is 0 Å². The van der Waals surface area contributed by atoms with E-state index < -0.39 is 0 Å². The number of aromatic nitrogens is 1. The van der Waals surface area contributed by atoms with Crippen LogP contribution in [0.4, 0.5) is 10.2 Å². The van der Waals surface area contributed by atoms with E-state index in [2.05, 4.69) is 22.1 Å². The van der Waals surface area contributed by atoms with Crippen LogP contribution >= 0.6 is 0 Å². The maximum absolute atomic E-state index is 12.8. The minimum absolute atomic E-state index is 0.271. The molecule has 4 heteroatoms. The van der Waals surface area contributed by atoms with E-state index in [1.165, 1.54) is 25.1 Å². The molecule has 0 radical (unpaired) electrons. The molecule has 0 aromatic carbocycles. The van der Waals surface area contributed by atoms with Crippen molar-refractivity contribution in [2.24, 2.45) is 5.92 Å². The molecule has 1 atom stereocenters. The molecule has 0 saturated carbocycles. The standard InChI is InChI=1S/C13H20FN3/c1-10(15-2)11-5-7-17(8-6-11)13-4-3-12(14)9-16-13/h3-4,9-11,15H,5-8H2,1-2H3. The van der Waals surface area contributed by atoms with Gasteiger partial charge in [0, 0.05) is 19.1 Å². The molecular formula is C13H20FN3. The van der Waals surface area contributed by atoms with Crippen molar-refractivity contribution in [3.63, 3.8) is 0 Å². The van der Waals surface area contributed by atoms with Crippen LogP contribution in [0.5, 0.6) is 0 Å². The first-order valence-corrected chi connectivity index (χ1v) is 6.24. The molecule has 1 aliphatic rings. The predicted octanol–water partition coefficient (Wildman–Crippen LogP) is 2.04. The summed E-state index contributed by atoms with van der Waals surface area (Å²) in [6.45, 7) is 4.25. The van der Waals surface area contributed by atoms with E-state index in [1.54, 1.807) is 6.07 Å². The lowest BCUT2D eigenvalue weighted by molar-refractivity contribution is 0.323. The molecule has 2 rings (SSSR count). The van der Waals surface area contributed by atoms with Crippen LogP contribution in [0.25, 0.3) is 0 Å². The van der Waals surface area contributed by atoms with Crippen LogP contribution in [0, 0.1) is 11.7 Å². The summed E-state index contributed by atoms with van der Waals surface area (Å²) >= 11 is 0. The SMILES string of the molecule is CNC(C)C1CCN(c2ccc(F)cn2)CC1. The zero-order valence-corrected chi connectivity index (χ0v) is 10.5. The smallest absolute Gasteiger partial charge is 0.141 e. The highest BCUT2D eigenvalue weighted by Gasteiger charge is 2.23. The predicted molar refractivity (Wildman–Crippen MR) is 67.7 cm³/mol. The second-order valence-electron chi connectivity index (χ2n) is 4.74. The van der Waals surface area contributed by atoms with Crippen molar-refractivity contribution in [1.29, 1.82) is 0 Å². The van der Waals surface area contributed by atoms with Crippen LogP contribution in [-0.4, -0.2) is 31.2 Å². The third-order valence-corrected chi connectivity index (χ3v) is 3.74. The molecule has 1 aromatic heterocycles. The zero-order valence-electron chi connectivity index (χ0n) is 10.5. The molecule has 1 aliphatic heterocycles. The van der Waals surface area contributed by atoms with Crippen molar-refractivity contribution in [1.82, 2.24) is 10.3 Å². The van der Waals surface area contributed by atoms with Gasteiger partial charge in [-0.05, 0) is 44.9 Å². The van der Waals surface area contributed by atoms with E-state index >= 15 is 0 Å². The molecule has 0 spiro atoms. The number of nitrogens with zero attached hydrogens (tertiary/aromatic N) is 2. The summed E-state index contributed by atoms with van der Waals surface area (Å²) in [4.78, 5) is 6.36. The zero-order chi connectivity index (χ0) is 12.3. The molecule has 1 unspecified atom stereocenters. The van der Waals surface area contributed by atoms with Crippen molar-refractivity contribution in [3.8, 4) is 0 Å². The summed E-state index contributed by atoms with van der Waals surface area (Å²) in [6, 6.07) is 3.81. The Bertz CT molecular complexity index is 344. The van der Waals surface area contributed by atoms with Gasteiger partial charge in [-0.25, -0.2) is 9.37 Å². The molecule has 17 heavy (non-hydrogen) atoms. The highest BCUT2D eigenvalue weighted by molar-refractivity contribution is 5.38. The Labute approximate surface area is 102 Å². The van der Waals surface area contributed by atoms with Crippen molar-refractivity contribution < 1.29 is 4.39 Å². The molecule has 3 nitrogen and oxygen atoms in total. The van der Waals surface area contributed by atoms with Crippen LogP contribution in [0.2, 0.25) is 0 Å². The summed E-state index contributed by atoms with van der Waals surface area (Å²) < 4.78 is 12.8. The number of hydrogen-bond acceptors (Lipinski definition) is 3. The Morgan fingerprint density at radius 2 is 2.12 bits per heavy atom. The second-order valence-corrected chi connectivity index (χ2v) is 4.74. The van der Waals surface area contributed by atoms with Crippen LogP contribution in [0.3, 0.4) is 0 Å². The fraction of sp³-hybridized carbons (Fsp3) is 0.615. The summed E-state index contributed by atoms with van der Waals surface area (Å²) in [6.07, 6.45) is 3.62. The quantitative estimate of drug-likeness (QED) is 0.872. The Hall–Kier alpha value is -1.16. The van der Waals surface area contributed by atoms with Gasteiger partial charge in [0.15, 0.2) is 0 Å². The van der Waals surface area contributed by atoms with Crippen molar-refractivity contribution in [3.05, 3.63) is 24.1 Å². The van der Waals surface area contributed by atoms with Gasteiger partial charge >= 0.3 is 0 Å². The molecule has 0 amide bonds. The normalized spacial score (nSPS) is 19.4. The topological polar surface area (TPSA) is 28.2 Å². The minimum Gasteiger partial charge on any atom is -0.357 e. The van der Waals surface area contributed by atoms with Gasteiger partial charge in [0.05, 0.1) is 6.20 Å². The van der Waals surface area contributed by atoms with Crippen molar-refractivity contribution in [2.75, 3.05) is 25.0 Å². The Morgan fingerprint density at radius 1 is 1.41 bits per heavy atom. The number of piperidine rings is 1. The van der Waals surface area contributed by atoms with Crippen molar-refractivity contribution >= 4 is 5.82 Å². The lowest BCUT2D eigenvalue weighted by Crippen LogP contribution is -2.41. The van der Waals surface area contributed by atoms with E-state index in [9.17, 15) is 4.39 Å². The molecular weight excluding hydrogens is 217 g/mol. The number of hydrogen-bond donors (Lipinski definition) is 1. The van der Waals surface area contributed by atoms with Gasteiger partial charge in [-0.3, -0.25) is 0 Å². The van der Waals surface area contributed by atoms with Crippen LogP contribution in [0.1, 0.15) is 19.8 Å². The largest absolute Gasteiger partial charge is 0.357 e. The number of rotatable bonds is 3. The highest BCUT2D eigenvalue weighted by Crippen LogP contribution is 2.23. The maximum atomic E-state index is 12.8. The van der Waals surface area contributed by atoms with Gasteiger partial charge in [0.1, 0.15) is 11.6 Å². The van der Waals surface area contributed by atoms with E-state index in [1.807, 2.05) is 7.05 Å². The van der Waals surface area contributed by atoms with E-state index in [-0.39, 0.29) is 5.82 Å². The van der Waals surface area contributed by atoms with Crippen LogP contribution < -0.4 is 10.2 Å². The Balaban J connectivity index is 1.93. The lowest BCUT2D eigenvalue weighted by Gasteiger charge is -2.35. The average molecular weight is 237 g/mol. The van der Waals surface area contributed by atoms with Gasteiger partial charge in [-0.2, -0.15) is 0 Å². The summed E-state index contributed by atoms with van der Waals surface area (Å²) in [7, 11) is 2.01. The molecule has 94 valence electrons. The number of halogens is 1. The third-order valence-electron chi connectivity index (χ3n) is 3.74. The Kier molecular flexibility index (Phi) is 3.94. The van der Waals surface area contributed by atoms with Crippen LogP contribution in [0.15, 0.2) is 18.3 Å². The molecule has 1 N–H and O–H groups in total. The number of anilines is 1. The van der Waals surface area contributed by atoms with Gasteiger partial charge in [0.25, 0.3) is 0 Å². The summed E-state index contributed by atoms with van der Waals surface area (Å²) in [5.41, 5.74) is 0. The average Bonchev–Trinajstić information content (AvgIpc) is 2.39. The third kappa shape index (κ3) is 2.94. The number of nitrogens with one attached hydrogen (secondary N) is 1. The number of pyridine rings is 1.